The monoisotopic (exact) mass is 283 g/mol. The van der Waals surface area contributed by atoms with Crippen LogP contribution in [0, 0.1) is 20.8 Å². The number of hydrogen-bond acceptors (Lipinski definition) is 0. The van der Waals surface area contributed by atoms with E-state index in [4.69, 9.17) is 0 Å². The highest BCUT2D eigenvalue weighted by Crippen LogP contribution is 2.51. The van der Waals surface area contributed by atoms with Gasteiger partial charge in [-0.15, -0.1) is 9.36 Å². The molecule has 0 spiro atoms. The molecule has 1 aliphatic rings. The molecule has 0 atom stereocenters. The zero-order valence-corrected chi connectivity index (χ0v) is 14.6. The van der Waals surface area contributed by atoms with Crippen LogP contribution in [0.25, 0.3) is 5.69 Å². The van der Waals surface area contributed by atoms with Gasteiger partial charge in [-0.05, 0) is 25.0 Å². The Balaban J connectivity index is 2.56. The summed E-state index contributed by atoms with van der Waals surface area (Å²) in [6.07, 6.45) is 0. The average Bonchev–Trinajstić information content (AvgIpc) is 2.62. The first kappa shape index (κ1) is 14.4. The van der Waals surface area contributed by atoms with Gasteiger partial charge in [-0.3, -0.25) is 0 Å². The molecule has 2 aromatic rings. The van der Waals surface area contributed by atoms with E-state index in [2.05, 4.69) is 83.1 Å². The topological polar surface area (TPSA) is 8.81 Å². The SMILES string of the molecule is Cc1cccc2c1-n1c(c(C)c(C)[n+]1C)C(C)(C)C2(C)C. The summed E-state index contributed by atoms with van der Waals surface area (Å²) >= 11 is 0. The van der Waals surface area contributed by atoms with E-state index < -0.39 is 0 Å². The molecule has 0 unspecified atom stereocenters. The molecule has 0 radical (unpaired) electrons. The first-order chi connectivity index (χ1) is 9.62. The largest absolute Gasteiger partial charge is 0.208 e. The van der Waals surface area contributed by atoms with Gasteiger partial charge in [-0.1, -0.05) is 45.9 Å². The lowest BCUT2D eigenvalue weighted by atomic mass is 9.59. The van der Waals surface area contributed by atoms with Crippen molar-refractivity contribution < 1.29 is 4.68 Å². The van der Waals surface area contributed by atoms with Crippen molar-refractivity contribution in [2.24, 2.45) is 7.05 Å². The number of fused-ring (bicyclic) bond motifs is 3. The zero-order valence-electron chi connectivity index (χ0n) is 14.6. The van der Waals surface area contributed by atoms with Crippen LogP contribution in [0.15, 0.2) is 18.2 Å². The van der Waals surface area contributed by atoms with Crippen LogP contribution >= 0.6 is 0 Å². The highest BCUT2D eigenvalue weighted by molar-refractivity contribution is 5.57. The molecule has 3 rings (SSSR count). The normalized spacial score (nSPS) is 18.3. The van der Waals surface area contributed by atoms with E-state index in [1.54, 1.807) is 0 Å². The first-order valence-corrected chi connectivity index (χ1v) is 7.81. The molecule has 1 aliphatic heterocycles. The van der Waals surface area contributed by atoms with Gasteiger partial charge < -0.3 is 0 Å². The van der Waals surface area contributed by atoms with Gasteiger partial charge in [0, 0.05) is 23.3 Å². The molecule has 2 heterocycles. The van der Waals surface area contributed by atoms with E-state index in [1.807, 2.05) is 0 Å². The van der Waals surface area contributed by atoms with Gasteiger partial charge in [-0.25, -0.2) is 0 Å². The van der Waals surface area contributed by atoms with Crippen molar-refractivity contribution in [1.82, 2.24) is 4.68 Å². The molecule has 0 saturated carbocycles. The summed E-state index contributed by atoms with van der Waals surface area (Å²) in [4.78, 5) is 0. The summed E-state index contributed by atoms with van der Waals surface area (Å²) in [6, 6.07) is 6.72. The standard InChI is InChI=1S/C19H27N2/c1-12-10-9-11-15-16(12)21-17(13(2)14(3)20(21)8)19(6,7)18(15,4)5/h9-11H,1-8H3/q+1. The smallest absolute Gasteiger partial charge is 0.124 e. The highest BCUT2D eigenvalue weighted by atomic mass is 15.4. The van der Waals surface area contributed by atoms with E-state index >= 15 is 0 Å². The predicted octanol–water partition coefficient (Wildman–Crippen LogP) is 3.80. The van der Waals surface area contributed by atoms with Gasteiger partial charge in [-0.2, -0.15) is 0 Å². The quantitative estimate of drug-likeness (QED) is 0.650. The highest BCUT2D eigenvalue weighted by Gasteiger charge is 2.51. The Hall–Kier alpha value is -1.57. The van der Waals surface area contributed by atoms with Gasteiger partial charge in [0.1, 0.15) is 5.69 Å². The molecule has 0 amide bonds. The third-order valence-corrected chi connectivity index (χ3v) is 6.17. The van der Waals surface area contributed by atoms with Gasteiger partial charge in [0.05, 0.1) is 5.69 Å². The summed E-state index contributed by atoms with van der Waals surface area (Å²) in [7, 11) is 2.18. The van der Waals surface area contributed by atoms with Gasteiger partial charge in [0.2, 0.25) is 5.69 Å². The second kappa shape index (κ2) is 4.00. The molecular weight excluding hydrogens is 256 g/mol. The molecule has 2 nitrogen and oxygen atoms in total. The molecule has 1 aromatic carbocycles. The molecule has 112 valence electrons. The number of para-hydroxylation sites is 1. The Morgan fingerprint density at radius 1 is 0.952 bits per heavy atom. The van der Waals surface area contributed by atoms with Crippen LogP contribution in [0.1, 0.15) is 55.8 Å². The molecule has 21 heavy (non-hydrogen) atoms. The molecule has 2 heteroatoms. The van der Waals surface area contributed by atoms with Crippen molar-refractivity contribution in [3.05, 3.63) is 46.3 Å². The minimum atomic E-state index is 0.0872. The van der Waals surface area contributed by atoms with Gasteiger partial charge in [0.15, 0.2) is 7.05 Å². The predicted molar refractivity (Wildman–Crippen MR) is 87.2 cm³/mol. The summed E-state index contributed by atoms with van der Waals surface area (Å²) < 4.78 is 4.76. The first-order valence-electron chi connectivity index (χ1n) is 7.81. The van der Waals surface area contributed by atoms with E-state index in [0.29, 0.717) is 0 Å². The lowest BCUT2D eigenvalue weighted by molar-refractivity contribution is -0.750. The zero-order chi connectivity index (χ0) is 15.7. The minimum Gasteiger partial charge on any atom is -0.124 e. The average molecular weight is 283 g/mol. The molecular formula is C19H27N2+. The van der Waals surface area contributed by atoms with Crippen LogP contribution in [-0.2, 0) is 17.9 Å². The molecule has 0 N–H and O–H groups in total. The summed E-state index contributed by atoms with van der Waals surface area (Å²) in [5.74, 6) is 0. The minimum absolute atomic E-state index is 0.0872. The maximum atomic E-state index is 2.45. The molecule has 0 saturated heterocycles. The maximum Gasteiger partial charge on any atom is 0.208 e. The lowest BCUT2D eigenvalue weighted by Crippen LogP contribution is -2.51. The van der Waals surface area contributed by atoms with Crippen LogP contribution < -0.4 is 4.68 Å². The molecule has 0 bridgehead atoms. The second-order valence-electron chi connectivity index (χ2n) is 7.62. The summed E-state index contributed by atoms with van der Waals surface area (Å²) in [6.45, 7) is 16.3. The van der Waals surface area contributed by atoms with Crippen LogP contribution in [0.2, 0.25) is 0 Å². The Morgan fingerprint density at radius 2 is 1.57 bits per heavy atom. The number of benzene rings is 1. The van der Waals surface area contributed by atoms with E-state index in [-0.39, 0.29) is 10.8 Å². The fourth-order valence-electron chi connectivity index (χ4n) is 3.95. The van der Waals surface area contributed by atoms with E-state index in [1.165, 1.54) is 33.8 Å². The Morgan fingerprint density at radius 3 is 2.19 bits per heavy atom. The fraction of sp³-hybridized carbons (Fsp3) is 0.526. The third kappa shape index (κ3) is 1.51. The van der Waals surface area contributed by atoms with Crippen LogP contribution in [0.4, 0.5) is 0 Å². The van der Waals surface area contributed by atoms with Crippen LogP contribution in [0.5, 0.6) is 0 Å². The number of aromatic nitrogens is 2. The number of aryl methyl sites for hydroxylation is 1. The van der Waals surface area contributed by atoms with Crippen molar-refractivity contribution in [2.45, 2.75) is 59.3 Å². The van der Waals surface area contributed by atoms with Crippen molar-refractivity contribution in [2.75, 3.05) is 0 Å². The lowest BCUT2D eigenvalue weighted by Gasteiger charge is -2.46. The van der Waals surface area contributed by atoms with Crippen LogP contribution in [-0.4, -0.2) is 4.68 Å². The number of hydrogen-bond donors (Lipinski definition) is 0. The van der Waals surface area contributed by atoms with Gasteiger partial charge in [0.25, 0.3) is 0 Å². The summed E-state index contributed by atoms with van der Waals surface area (Å²) in [5.41, 5.74) is 8.59. The molecule has 0 fully saturated rings. The molecule has 0 aliphatic carbocycles. The maximum absolute atomic E-state index is 2.45. The van der Waals surface area contributed by atoms with Crippen LogP contribution in [0.3, 0.4) is 0 Å². The van der Waals surface area contributed by atoms with Crippen molar-refractivity contribution in [3.63, 3.8) is 0 Å². The van der Waals surface area contributed by atoms with Crippen molar-refractivity contribution >= 4 is 0 Å². The van der Waals surface area contributed by atoms with E-state index in [9.17, 15) is 0 Å². The number of nitrogens with zero attached hydrogens (tertiary/aromatic N) is 2. The molecule has 1 aromatic heterocycles. The van der Waals surface area contributed by atoms with Gasteiger partial charge >= 0.3 is 0 Å². The van der Waals surface area contributed by atoms with E-state index in [0.717, 1.165) is 0 Å². The summed E-state index contributed by atoms with van der Waals surface area (Å²) in [5, 5.41) is 0. The number of rotatable bonds is 0. The Labute approximate surface area is 128 Å². The Kier molecular flexibility index (Phi) is 2.73. The van der Waals surface area contributed by atoms with Crippen molar-refractivity contribution in [3.8, 4) is 5.69 Å². The fourth-order valence-corrected chi connectivity index (χ4v) is 3.95. The Bertz CT molecular complexity index is 745. The second-order valence-corrected chi connectivity index (χ2v) is 7.62. The third-order valence-electron chi connectivity index (χ3n) is 6.17. The van der Waals surface area contributed by atoms with Crippen molar-refractivity contribution in [1.29, 1.82) is 0 Å².